The van der Waals surface area contributed by atoms with E-state index in [1.165, 1.54) is 17.3 Å². The molecule has 1 aliphatic rings. The molecule has 1 saturated heterocycles. The van der Waals surface area contributed by atoms with Crippen LogP contribution in [-0.2, 0) is 9.59 Å². The number of aromatic nitrogens is 1. The quantitative estimate of drug-likeness (QED) is 0.410. The highest BCUT2D eigenvalue weighted by atomic mass is 16.5. The molecule has 3 rings (SSSR count). The van der Waals surface area contributed by atoms with Crippen LogP contribution in [0.1, 0.15) is 30.5 Å². The summed E-state index contributed by atoms with van der Waals surface area (Å²) in [4.78, 5) is 33.2. The van der Waals surface area contributed by atoms with Crippen LogP contribution < -0.4 is 4.74 Å². The predicted molar refractivity (Wildman–Crippen MR) is 114 cm³/mol. The summed E-state index contributed by atoms with van der Waals surface area (Å²) in [5.41, 5.74) is 1.28. The van der Waals surface area contributed by atoms with Crippen molar-refractivity contribution in [3.05, 3.63) is 65.5 Å². The van der Waals surface area contributed by atoms with Gasteiger partial charge in [-0.05, 0) is 50.3 Å². The summed E-state index contributed by atoms with van der Waals surface area (Å²) in [6, 6.07) is 9.88. The lowest BCUT2D eigenvalue weighted by Gasteiger charge is -2.26. The summed E-state index contributed by atoms with van der Waals surface area (Å²) in [7, 11) is 3.81. The van der Waals surface area contributed by atoms with Crippen molar-refractivity contribution in [1.82, 2.24) is 14.8 Å². The van der Waals surface area contributed by atoms with Gasteiger partial charge in [-0.15, -0.1) is 0 Å². The van der Waals surface area contributed by atoms with Crippen molar-refractivity contribution in [3.8, 4) is 5.75 Å². The van der Waals surface area contributed by atoms with Gasteiger partial charge in [0.15, 0.2) is 0 Å². The maximum Gasteiger partial charge on any atom is 0.295 e. The number of benzene rings is 1. The van der Waals surface area contributed by atoms with Crippen LogP contribution in [0.3, 0.4) is 0 Å². The first-order valence-electron chi connectivity index (χ1n) is 10.00. The minimum atomic E-state index is -0.681. The summed E-state index contributed by atoms with van der Waals surface area (Å²) in [5.74, 6) is -0.762. The van der Waals surface area contributed by atoms with Crippen molar-refractivity contribution in [1.29, 1.82) is 0 Å². The number of Topliss-reactive ketones (excluding diaryl/α,β-unsaturated/α-hetero) is 1. The summed E-state index contributed by atoms with van der Waals surface area (Å²) in [5, 5.41) is 10.9. The van der Waals surface area contributed by atoms with Crippen molar-refractivity contribution >= 4 is 17.4 Å². The molecular weight excluding hydrogens is 382 g/mol. The molecule has 2 aromatic rings. The monoisotopic (exact) mass is 409 g/mol. The number of rotatable bonds is 8. The standard InChI is InChI=1S/C23H27N3O4/c1-4-15-30-18-7-5-16(6-8-18)20-19(21(27)17-9-11-24-12-10-17)22(28)23(29)26(20)14-13-25(2)3/h5-12,20,27H,4,13-15H2,1-3H3. The number of carbonyl (C=O) groups is 2. The van der Waals surface area contributed by atoms with E-state index in [1.807, 2.05) is 50.2 Å². The topological polar surface area (TPSA) is 83.0 Å². The van der Waals surface area contributed by atoms with E-state index in [1.54, 1.807) is 12.1 Å². The number of likely N-dealkylation sites (tertiary alicyclic amines) is 1. The zero-order valence-electron chi connectivity index (χ0n) is 17.5. The Morgan fingerprint density at radius 2 is 1.80 bits per heavy atom. The van der Waals surface area contributed by atoms with E-state index in [0.29, 0.717) is 25.3 Å². The first-order chi connectivity index (χ1) is 14.4. The van der Waals surface area contributed by atoms with Crippen LogP contribution in [0.15, 0.2) is 54.4 Å². The van der Waals surface area contributed by atoms with Gasteiger partial charge >= 0.3 is 0 Å². The third kappa shape index (κ3) is 4.52. The molecule has 158 valence electrons. The lowest BCUT2D eigenvalue weighted by Crippen LogP contribution is -2.35. The van der Waals surface area contributed by atoms with Crippen molar-refractivity contribution in [2.24, 2.45) is 0 Å². The highest BCUT2D eigenvalue weighted by Crippen LogP contribution is 2.39. The Morgan fingerprint density at radius 3 is 2.40 bits per heavy atom. The first-order valence-corrected chi connectivity index (χ1v) is 10.00. The van der Waals surface area contributed by atoms with Gasteiger partial charge in [0, 0.05) is 31.0 Å². The number of ether oxygens (including phenoxy) is 1. The molecule has 30 heavy (non-hydrogen) atoms. The second kappa shape index (κ2) is 9.54. The Labute approximate surface area is 176 Å². The van der Waals surface area contributed by atoms with Gasteiger partial charge in [-0.2, -0.15) is 0 Å². The molecule has 7 nitrogen and oxygen atoms in total. The molecule has 1 amide bonds. The van der Waals surface area contributed by atoms with Crippen molar-refractivity contribution in [2.75, 3.05) is 33.8 Å². The fourth-order valence-corrected chi connectivity index (χ4v) is 3.40. The molecule has 0 bridgehead atoms. The molecule has 0 spiro atoms. The Balaban J connectivity index is 2.05. The zero-order chi connectivity index (χ0) is 21.7. The van der Waals surface area contributed by atoms with E-state index in [9.17, 15) is 14.7 Å². The van der Waals surface area contributed by atoms with Gasteiger partial charge in [0.25, 0.3) is 11.7 Å². The van der Waals surface area contributed by atoms with E-state index in [2.05, 4.69) is 4.98 Å². The van der Waals surface area contributed by atoms with E-state index in [0.717, 1.165) is 17.7 Å². The third-order valence-electron chi connectivity index (χ3n) is 4.95. The van der Waals surface area contributed by atoms with Crippen LogP contribution in [-0.4, -0.2) is 65.4 Å². The lowest BCUT2D eigenvalue weighted by atomic mass is 9.95. The molecular formula is C23H27N3O4. The van der Waals surface area contributed by atoms with E-state index < -0.39 is 17.7 Å². The molecule has 1 fully saturated rings. The number of ketones is 1. The number of aliphatic hydroxyl groups excluding tert-OH is 1. The fraction of sp³-hybridized carbons (Fsp3) is 0.348. The van der Waals surface area contributed by atoms with Crippen LogP contribution >= 0.6 is 0 Å². The molecule has 1 aliphatic heterocycles. The SMILES string of the molecule is CCCOc1ccc(C2C(=C(O)c3ccncc3)C(=O)C(=O)N2CCN(C)C)cc1. The normalized spacial score (nSPS) is 18.3. The Bertz CT molecular complexity index is 923. The van der Waals surface area contributed by atoms with E-state index >= 15 is 0 Å². The molecule has 0 saturated carbocycles. The molecule has 1 aromatic heterocycles. The summed E-state index contributed by atoms with van der Waals surface area (Å²) in [6.07, 6.45) is 3.97. The van der Waals surface area contributed by atoms with Crippen molar-refractivity contribution < 1.29 is 19.4 Å². The fourth-order valence-electron chi connectivity index (χ4n) is 3.40. The molecule has 1 aromatic carbocycles. The first kappa shape index (κ1) is 21.5. The Kier molecular flexibility index (Phi) is 6.84. The van der Waals surface area contributed by atoms with Gasteiger partial charge in [0.2, 0.25) is 0 Å². The number of nitrogens with zero attached hydrogens (tertiary/aromatic N) is 3. The Hall–Kier alpha value is -3.19. The highest BCUT2D eigenvalue weighted by molar-refractivity contribution is 6.46. The van der Waals surface area contributed by atoms with Crippen molar-refractivity contribution in [2.45, 2.75) is 19.4 Å². The van der Waals surface area contributed by atoms with Crippen LogP contribution in [0.25, 0.3) is 5.76 Å². The lowest BCUT2D eigenvalue weighted by molar-refractivity contribution is -0.140. The molecule has 2 heterocycles. The number of aliphatic hydroxyl groups is 1. The summed E-state index contributed by atoms with van der Waals surface area (Å²) in [6.45, 7) is 3.61. The largest absolute Gasteiger partial charge is 0.507 e. The molecule has 1 atom stereocenters. The molecule has 0 radical (unpaired) electrons. The smallest absolute Gasteiger partial charge is 0.295 e. The zero-order valence-corrected chi connectivity index (χ0v) is 17.5. The molecule has 1 N–H and O–H groups in total. The van der Waals surface area contributed by atoms with E-state index in [-0.39, 0.29) is 11.3 Å². The van der Waals surface area contributed by atoms with Gasteiger partial charge in [0.05, 0.1) is 18.2 Å². The second-order valence-electron chi connectivity index (χ2n) is 7.45. The van der Waals surface area contributed by atoms with Crippen LogP contribution in [0, 0.1) is 0 Å². The van der Waals surface area contributed by atoms with Crippen LogP contribution in [0.5, 0.6) is 5.75 Å². The average Bonchev–Trinajstić information content (AvgIpc) is 3.01. The molecule has 0 aliphatic carbocycles. The minimum absolute atomic E-state index is 0.0900. The third-order valence-corrected chi connectivity index (χ3v) is 4.95. The predicted octanol–water partition coefficient (Wildman–Crippen LogP) is 2.85. The van der Waals surface area contributed by atoms with Crippen LogP contribution in [0.2, 0.25) is 0 Å². The van der Waals surface area contributed by atoms with Gasteiger partial charge in [-0.3, -0.25) is 14.6 Å². The Morgan fingerprint density at radius 1 is 1.13 bits per heavy atom. The van der Waals surface area contributed by atoms with Gasteiger partial charge in [-0.1, -0.05) is 19.1 Å². The maximum absolute atomic E-state index is 12.9. The number of likely N-dealkylation sites (N-methyl/N-ethyl adjacent to an activating group) is 1. The van der Waals surface area contributed by atoms with Gasteiger partial charge in [0.1, 0.15) is 11.5 Å². The number of carbonyl (C=O) groups excluding carboxylic acids is 2. The molecule has 7 heteroatoms. The highest BCUT2D eigenvalue weighted by Gasteiger charge is 2.45. The molecule has 1 unspecified atom stereocenters. The summed E-state index contributed by atoms with van der Waals surface area (Å²) < 4.78 is 5.64. The number of hydrogen-bond donors (Lipinski definition) is 1. The van der Waals surface area contributed by atoms with E-state index in [4.69, 9.17) is 4.74 Å². The summed E-state index contributed by atoms with van der Waals surface area (Å²) >= 11 is 0. The minimum Gasteiger partial charge on any atom is -0.507 e. The average molecular weight is 409 g/mol. The second-order valence-corrected chi connectivity index (χ2v) is 7.45. The van der Waals surface area contributed by atoms with Crippen LogP contribution in [0.4, 0.5) is 0 Å². The maximum atomic E-state index is 12.9. The number of amides is 1. The number of pyridine rings is 1. The van der Waals surface area contributed by atoms with Gasteiger partial charge in [-0.25, -0.2) is 0 Å². The van der Waals surface area contributed by atoms with Crippen molar-refractivity contribution in [3.63, 3.8) is 0 Å². The number of hydrogen-bond acceptors (Lipinski definition) is 6. The van der Waals surface area contributed by atoms with Gasteiger partial charge < -0.3 is 19.6 Å².